The van der Waals surface area contributed by atoms with E-state index in [2.05, 4.69) is 28.1 Å². The van der Waals surface area contributed by atoms with E-state index in [1.54, 1.807) is 16.7 Å². The van der Waals surface area contributed by atoms with Gasteiger partial charge in [-0.05, 0) is 78.4 Å². The third-order valence-corrected chi connectivity index (χ3v) is 8.97. The lowest BCUT2D eigenvalue weighted by Crippen LogP contribution is -2.38. The van der Waals surface area contributed by atoms with Crippen molar-refractivity contribution in [2.24, 2.45) is 4.99 Å². The number of hydrogen-bond acceptors (Lipinski definition) is 4. The minimum atomic E-state index is -0.418. The highest BCUT2D eigenvalue weighted by atomic mass is 79.9. The fourth-order valence-corrected chi connectivity index (χ4v) is 7.19. The van der Waals surface area contributed by atoms with Crippen molar-refractivity contribution in [1.82, 2.24) is 4.57 Å². The number of aryl methyl sites for hydroxylation is 2. The summed E-state index contributed by atoms with van der Waals surface area (Å²) in [6.45, 7) is 2.04. The first-order valence-corrected chi connectivity index (χ1v) is 14.3. The number of halogens is 2. The molecule has 3 heterocycles. The quantitative estimate of drug-likeness (QED) is 0.230. The largest absolute Gasteiger partial charge is 0.457 e. The molecular formula is C32H22BrFN2O2S. The van der Waals surface area contributed by atoms with Crippen LogP contribution in [0.4, 0.5) is 4.39 Å². The summed E-state index contributed by atoms with van der Waals surface area (Å²) in [6.07, 6.45) is 3.38. The van der Waals surface area contributed by atoms with Crippen LogP contribution in [0.1, 0.15) is 40.5 Å². The van der Waals surface area contributed by atoms with Gasteiger partial charge in [-0.3, -0.25) is 9.36 Å². The molecule has 1 aliphatic carbocycles. The second-order valence-corrected chi connectivity index (χ2v) is 11.7. The van der Waals surface area contributed by atoms with E-state index in [4.69, 9.17) is 9.41 Å². The Morgan fingerprint density at radius 2 is 1.90 bits per heavy atom. The Morgan fingerprint density at radius 3 is 2.74 bits per heavy atom. The number of thiazole rings is 1. The van der Waals surface area contributed by atoms with Crippen molar-refractivity contribution in [2.45, 2.75) is 25.8 Å². The molecule has 5 aromatic rings. The molecule has 3 aromatic carbocycles. The summed E-state index contributed by atoms with van der Waals surface area (Å²) in [5.41, 5.74) is 6.93. The van der Waals surface area contributed by atoms with Crippen LogP contribution in [0.3, 0.4) is 0 Å². The van der Waals surface area contributed by atoms with E-state index >= 15 is 0 Å². The molecule has 2 aromatic heterocycles. The zero-order valence-electron chi connectivity index (χ0n) is 20.9. The molecule has 0 N–H and O–H groups in total. The summed E-state index contributed by atoms with van der Waals surface area (Å²) in [4.78, 5) is 19.5. The minimum absolute atomic E-state index is 0.159. The maximum Gasteiger partial charge on any atom is 0.271 e. The molecule has 1 aliphatic heterocycles. The average molecular weight is 598 g/mol. The number of benzene rings is 3. The van der Waals surface area contributed by atoms with Crippen molar-refractivity contribution in [2.75, 3.05) is 0 Å². The van der Waals surface area contributed by atoms with Crippen LogP contribution in [0.25, 0.3) is 23.1 Å². The standard InChI is InChI=1S/C32H22BrFN2O2S/c1-18-9-12-24(26(33)15-18)27-14-11-22(38-27)17-28-31(37)36-30(20-6-4-7-21(34)16-20)25-13-10-19-5-2-3-8-23(19)29(25)35-32(36)39-28/h2-9,11-12,14-17,30H,10,13H2,1H3. The van der Waals surface area contributed by atoms with E-state index in [9.17, 15) is 9.18 Å². The van der Waals surface area contributed by atoms with Gasteiger partial charge in [0.15, 0.2) is 4.80 Å². The summed E-state index contributed by atoms with van der Waals surface area (Å²) in [5.74, 6) is 0.972. The molecule has 1 atom stereocenters. The van der Waals surface area contributed by atoms with E-state index in [1.165, 1.54) is 29.0 Å². The minimum Gasteiger partial charge on any atom is -0.457 e. The molecule has 39 heavy (non-hydrogen) atoms. The first kappa shape index (κ1) is 24.2. The van der Waals surface area contributed by atoms with E-state index in [0.717, 1.165) is 50.8 Å². The Balaban J connectivity index is 1.40. The lowest BCUT2D eigenvalue weighted by Gasteiger charge is -2.30. The maximum absolute atomic E-state index is 14.4. The SMILES string of the molecule is Cc1ccc(-c2ccc(C=c3sc4n(c3=O)C(c3cccc(F)c3)C3=C(N=4)c4ccccc4CC3)o2)c(Br)c1. The summed E-state index contributed by atoms with van der Waals surface area (Å²) in [5, 5.41) is 0. The molecule has 0 spiro atoms. The third kappa shape index (κ3) is 4.17. The van der Waals surface area contributed by atoms with Crippen LogP contribution < -0.4 is 14.9 Å². The smallest absolute Gasteiger partial charge is 0.271 e. The molecule has 7 heteroatoms. The van der Waals surface area contributed by atoms with Gasteiger partial charge in [-0.25, -0.2) is 9.38 Å². The van der Waals surface area contributed by atoms with Gasteiger partial charge in [0, 0.05) is 21.7 Å². The molecular weight excluding hydrogens is 575 g/mol. The Bertz CT molecular complexity index is 2000. The fourth-order valence-electron chi connectivity index (χ4n) is 5.52. The van der Waals surface area contributed by atoms with E-state index < -0.39 is 6.04 Å². The third-order valence-electron chi connectivity index (χ3n) is 7.33. The van der Waals surface area contributed by atoms with Crippen molar-refractivity contribution < 1.29 is 8.81 Å². The Labute approximate surface area is 236 Å². The number of rotatable bonds is 3. The molecule has 2 aliphatic rings. The number of fused-ring (bicyclic) bond motifs is 3. The number of hydrogen-bond donors (Lipinski definition) is 0. The molecule has 0 saturated carbocycles. The van der Waals surface area contributed by atoms with Gasteiger partial charge in [0.1, 0.15) is 17.3 Å². The number of nitrogens with zero attached hydrogens (tertiary/aromatic N) is 2. The highest BCUT2D eigenvalue weighted by Crippen LogP contribution is 2.41. The van der Waals surface area contributed by atoms with E-state index in [1.807, 2.05) is 55.5 Å². The lowest BCUT2D eigenvalue weighted by atomic mass is 9.83. The molecule has 0 bridgehead atoms. The van der Waals surface area contributed by atoms with Gasteiger partial charge in [-0.2, -0.15) is 0 Å². The zero-order valence-corrected chi connectivity index (χ0v) is 23.4. The normalized spacial score (nSPS) is 16.5. The van der Waals surface area contributed by atoms with E-state index in [0.29, 0.717) is 20.9 Å². The highest BCUT2D eigenvalue weighted by Gasteiger charge is 2.32. The summed E-state index contributed by atoms with van der Waals surface area (Å²) in [7, 11) is 0. The van der Waals surface area contributed by atoms with Crippen molar-refractivity contribution in [3.63, 3.8) is 0 Å². The maximum atomic E-state index is 14.4. The van der Waals surface area contributed by atoms with Crippen LogP contribution in [0.5, 0.6) is 0 Å². The molecule has 0 saturated heterocycles. The van der Waals surface area contributed by atoms with Gasteiger partial charge in [0.2, 0.25) is 0 Å². The molecule has 1 unspecified atom stereocenters. The summed E-state index contributed by atoms with van der Waals surface area (Å²) in [6, 6.07) is 24.2. The van der Waals surface area contributed by atoms with Crippen LogP contribution in [0.2, 0.25) is 0 Å². The Kier molecular flexibility index (Phi) is 5.86. The first-order valence-electron chi connectivity index (χ1n) is 12.7. The second kappa shape index (κ2) is 9.43. The predicted molar refractivity (Wildman–Crippen MR) is 156 cm³/mol. The van der Waals surface area contributed by atoms with Gasteiger partial charge in [0.25, 0.3) is 5.56 Å². The molecule has 192 valence electrons. The van der Waals surface area contributed by atoms with Crippen molar-refractivity contribution >= 4 is 39.0 Å². The highest BCUT2D eigenvalue weighted by molar-refractivity contribution is 9.10. The first-order chi connectivity index (χ1) is 19.0. The average Bonchev–Trinajstić information content (AvgIpc) is 3.51. The Morgan fingerprint density at radius 1 is 1.03 bits per heavy atom. The van der Waals surface area contributed by atoms with Crippen LogP contribution >= 0.6 is 27.3 Å². The van der Waals surface area contributed by atoms with E-state index in [-0.39, 0.29) is 11.4 Å². The van der Waals surface area contributed by atoms with Gasteiger partial charge >= 0.3 is 0 Å². The predicted octanol–water partition coefficient (Wildman–Crippen LogP) is 6.79. The molecule has 0 fully saturated rings. The summed E-state index contributed by atoms with van der Waals surface area (Å²) >= 11 is 4.95. The van der Waals surface area contributed by atoms with Crippen molar-refractivity contribution in [3.05, 3.63) is 142 Å². The molecule has 0 radical (unpaired) electrons. The van der Waals surface area contributed by atoms with Crippen LogP contribution in [-0.4, -0.2) is 4.57 Å². The lowest BCUT2D eigenvalue weighted by molar-refractivity contribution is 0.569. The van der Waals surface area contributed by atoms with Gasteiger partial charge in [-0.15, -0.1) is 0 Å². The van der Waals surface area contributed by atoms with Crippen LogP contribution in [-0.2, 0) is 6.42 Å². The van der Waals surface area contributed by atoms with Gasteiger partial charge in [0.05, 0.1) is 16.3 Å². The zero-order chi connectivity index (χ0) is 26.7. The number of furan rings is 1. The second-order valence-electron chi connectivity index (χ2n) is 9.85. The number of aromatic nitrogens is 1. The Hall–Kier alpha value is -3.81. The topological polar surface area (TPSA) is 47.5 Å². The molecule has 0 amide bonds. The molecule has 4 nitrogen and oxygen atoms in total. The summed E-state index contributed by atoms with van der Waals surface area (Å²) < 4.78 is 23.7. The van der Waals surface area contributed by atoms with Gasteiger partial charge in [-0.1, -0.05) is 69.7 Å². The molecule has 7 rings (SSSR count). The number of allylic oxidation sites excluding steroid dienone is 1. The van der Waals surface area contributed by atoms with Gasteiger partial charge < -0.3 is 4.42 Å². The van der Waals surface area contributed by atoms with Crippen LogP contribution in [0.15, 0.2) is 103 Å². The van der Waals surface area contributed by atoms with Crippen molar-refractivity contribution in [1.29, 1.82) is 0 Å². The van der Waals surface area contributed by atoms with Crippen molar-refractivity contribution in [3.8, 4) is 11.3 Å². The monoisotopic (exact) mass is 596 g/mol. The van der Waals surface area contributed by atoms with Crippen LogP contribution in [0, 0.1) is 12.7 Å². The fraction of sp³-hybridized carbons (Fsp3) is 0.125.